The number of Topliss-reactive ketones (excluding diaryl/α,β-unsaturated/α-hetero) is 1. The minimum atomic E-state index is -1.03. The van der Waals surface area contributed by atoms with Crippen molar-refractivity contribution in [3.63, 3.8) is 0 Å². The van der Waals surface area contributed by atoms with E-state index >= 15 is 0 Å². The Morgan fingerprint density at radius 2 is 0.556 bits per heavy atom. The number of methoxy groups -OCH3 is 6. The third-order valence-electron chi connectivity index (χ3n) is 21.3. The van der Waals surface area contributed by atoms with Crippen LogP contribution >= 0.6 is 0 Å². The van der Waals surface area contributed by atoms with E-state index in [0.717, 1.165) is 134 Å². The van der Waals surface area contributed by atoms with Crippen molar-refractivity contribution in [3.05, 3.63) is 278 Å². The van der Waals surface area contributed by atoms with Gasteiger partial charge in [0.05, 0.1) is 110 Å². The number of hydrogen-bond donors (Lipinski definition) is 3. The lowest BCUT2D eigenvalue weighted by Crippen LogP contribution is -2.13. The van der Waals surface area contributed by atoms with Crippen LogP contribution in [0.1, 0.15) is 133 Å². The smallest absolute Gasteiger partial charge is 0.343 e. The van der Waals surface area contributed by atoms with E-state index in [2.05, 4.69) is 29.4 Å². The van der Waals surface area contributed by atoms with Crippen LogP contribution in [0.2, 0.25) is 0 Å². The second-order valence-electron chi connectivity index (χ2n) is 30.9. The Balaban J connectivity index is 0.000000142. The van der Waals surface area contributed by atoms with Crippen LogP contribution in [0.15, 0.2) is 201 Å². The van der Waals surface area contributed by atoms with Gasteiger partial charge in [0.15, 0.2) is 122 Å². The first-order valence-electron chi connectivity index (χ1n) is 42.3. The van der Waals surface area contributed by atoms with Crippen molar-refractivity contribution in [2.75, 3.05) is 62.5 Å². The topological polar surface area (TPSA) is 442 Å². The molecule has 0 spiro atoms. The Morgan fingerprint density at radius 1 is 0.296 bits per heavy atom. The third-order valence-corrected chi connectivity index (χ3v) is 21.3. The highest BCUT2D eigenvalue weighted by Gasteiger charge is 2.26. The molecule has 0 radical (unpaired) electrons. The number of aromatic hydroxyl groups is 1. The summed E-state index contributed by atoms with van der Waals surface area (Å²) in [7, 11) is 9.05. The van der Waals surface area contributed by atoms with Crippen LogP contribution in [0.5, 0.6) is 40.2 Å². The van der Waals surface area contributed by atoms with E-state index in [-0.39, 0.29) is 50.0 Å². The van der Waals surface area contributed by atoms with Gasteiger partial charge in [-0.1, -0.05) is 84.9 Å². The molecule has 0 fully saturated rings. The van der Waals surface area contributed by atoms with Gasteiger partial charge in [0.1, 0.15) is 72.0 Å². The van der Waals surface area contributed by atoms with Crippen LogP contribution in [-0.2, 0) is 87.9 Å². The van der Waals surface area contributed by atoms with Crippen LogP contribution in [0.4, 0.5) is 0 Å². The molecule has 704 valence electrons. The van der Waals surface area contributed by atoms with Gasteiger partial charge in [0, 0.05) is 76.6 Å². The fourth-order valence-electron chi connectivity index (χ4n) is 14.9. The van der Waals surface area contributed by atoms with Crippen LogP contribution in [0.25, 0.3) is 76.8 Å². The van der Waals surface area contributed by atoms with Gasteiger partial charge < -0.3 is 107 Å². The van der Waals surface area contributed by atoms with Gasteiger partial charge in [-0.3, -0.25) is 19.2 Å². The minimum absolute atomic E-state index is 0.0357. The van der Waals surface area contributed by atoms with E-state index in [1.165, 1.54) is 21.1 Å². The zero-order valence-electron chi connectivity index (χ0n) is 77.7. The molecule has 11 aromatic heterocycles. The summed E-state index contributed by atoms with van der Waals surface area (Å²) in [6, 6.07) is 38.7. The second kappa shape index (κ2) is 44.6. The van der Waals surface area contributed by atoms with Crippen LogP contribution < -0.4 is 28.4 Å². The van der Waals surface area contributed by atoms with E-state index in [4.69, 9.17) is 92.0 Å². The summed E-state index contributed by atoms with van der Waals surface area (Å²) in [5, 5.41) is 33.6. The zero-order chi connectivity index (χ0) is 97.0. The highest BCUT2D eigenvalue weighted by atomic mass is 16.6. The average Bonchev–Trinajstić information content (AvgIpc) is 1.64. The maximum atomic E-state index is 11.7. The van der Waals surface area contributed by atoms with Gasteiger partial charge in [0.25, 0.3) is 0 Å². The van der Waals surface area contributed by atoms with Crippen molar-refractivity contribution in [3.8, 4) is 40.2 Å². The number of furan rings is 7. The molecule has 18 rings (SSSR count). The predicted molar refractivity (Wildman–Crippen MR) is 494 cm³/mol. The Hall–Kier alpha value is -16.2. The summed E-state index contributed by atoms with van der Waals surface area (Å²) in [5.41, 5.74) is 14.1. The molecule has 0 atom stereocenters. The Morgan fingerprint density at radius 3 is 0.837 bits per heavy atom. The molecule has 0 saturated heterocycles. The Kier molecular flexibility index (Phi) is 32.3. The molecule has 135 heavy (non-hydrogen) atoms. The van der Waals surface area contributed by atoms with Gasteiger partial charge >= 0.3 is 29.8 Å². The molecule has 3 N–H and O–H groups in total. The summed E-state index contributed by atoms with van der Waals surface area (Å²) in [5.74, 6) is 8.21. The van der Waals surface area contributed by atoms with Crippen molar-refractivity contribution in [2.45, 2.75) is 128 Å². The summed E-state index contributed by atoms with van der Waals surface area (Å²) in [4.78, 5) is 83.7. The number of carboxylic acids is 2. The molecule has 7 aromatic carbocycles. The maximum absolute atomic E-state index is 11.7. The van der Waals surface area contributed by atoms with E-state index in [1.807, 2.05) is 147 Å². The first-order valence-corrected chi connectivity index (χ1v) is 42.3. The molecule has 0 aliphatic heterocycles. The van der Waals surface area contributed by atoms with Gasteiger partial charge in [-0.25, -0.2) is 29.5 Å². The number of fused-ring (bicyclic) bond motifs is 7. The molecular formula is C102H102N4O29. The van der Waals surface area contributed by atoms with Crippen molar-refractivity contribution < 1.29 is 135 Å². The predicted octanol–water partition coefficient (Wildman–Crippen LogP) is 20.5. The van der Waals surface area contributed by atoms with Crippen LogP contribution in [0.3, 0.4) is 0 Å². The maximum Gasteiger partial charge on any atom is 0.343 e. The lowest BCUT2D eigenvalue weighted by Gasteiger charge is -2.05. The number of carboxylic acid groups (broad SMARTS) is 2. The number of carbonyl (C=O) groups is 6. The standard InChI is InChI=1S/C17H17NO5.C16H15NO5.C15H15NO3.C15H16O5.C14H13NO3.C13H14O4.C12H12O4/c1-10-8-22-15(18-10)7-13-11(2)23-17-12(13)5-4-6-14(17)21-9-16(19)20-3;1-9-7-21-14(17-9)6-12-10(2)22-16-11(12)4-3-5-13(16)20-8-15(18)19;1-9-8-18-14(16-9)7-12-10(2)19-15-11(12)5-4-6-13(15)17-3;1-9(16)8-19-14(17)7-12-10(2)20-15-11(12)5-4-6-13(15)18-3;1-8-7-17-13(15-8)6-11-9(2)18-14-10(11)4-3-5-12(14)16;1-8-10(7-12(14)16-3)9-5-4-6-11(15-2)13(9)17-8;1-7-9(6-11(13)14)8-4-3-5-10(15-2)12(8)16-7/h4-6,8H,7,9H2,1-3H3;3-5,7H,6,8H2,1-2H3,(H,18,19);4-6,8H,7H2,1-3H3;4-6H,7-8H2,1-3H3;3-5,7,16H,6H2,1-2H3;4-6H,7H2,1-3H3;3-5H,6H2,1-2H3,(H,13,14). The number of ketones is 1. The number of benzene rings is 7. The van der Waals surface area contributed by atoms with E-state index in [0.29, 0.717) is 129 Å². The molecule has 0 amide bonds. The first-order chi connectivity index (χ1) is 64.8. The SMILES string of the molecule is COC(=O)COc1cccc2c(Cc3nc(C)co3)c(C)oc12.COC(=O)Cc1c(C)oc2c(OC)cccc12.COc1cccc2c(CC(=O)O)c(C)oc12.COc1cccc2c(CC(=O)OCC(C)=O)c(C)oc12.COc1cccc2c(Cc3nc(C)co3)c(C)oc12.Cc1coc(Cc2c(C)oc3c(O)cccc23)n1.Cc1coc(Cc2c(C)oc3c(OCC(=O)O)cccc23)n1. The Labute approximate surface area is 772 Å². The van der Waals surface area contributed by atoms with Gasteiger partial charge in [-0.2, -0.15) is 0 Å². The number of carbonyl (C=O) groups excluding carboxylic acids is 4. The molecule has 0 aliphatic rings. The van der Waals surface area contributed by atoms with Gasteiger partial charge in [0.2, 0.25) is 0 Å². The van der Waals surface area contributed by atoms with Crippen molar-refractivity contribution in [1.82, 2.24) is 19.9 Å². The molecule has 0 unspecified atom stereocenters. The van der Waals surface area contributed by atoms with E-state index in [1.54, 1.807) is 110 Å². The molecule has 33 heteroatoms. The summed E-state index contributed by atoms with van der Waals surface area (Å²) in [6.07, 6.45) is 9.00. The second-order valence-corrected chi connectivity index (χ2v) is 30.9. The number of aliphatic carboxylic acids is 2. The van der Waals surface area contributed by atoms with Gasteiger partial charge in [-0.05, 0) is 126 Å². The number of aryl methyl sites for hydroxylation is 11. The number of phenolic OH excluding ortho intramolecular Hbond substituents is 1. The zero-order valence-corrected chi connectivity index (χ0v) is 77.7. The molecule has 0 aliphatic carbocycles. The number of oxazole rings is 4. The quantitative estimate of drug-likeness (QED) is 0.0335. The number of phenols is 1. The van der Waals surface area contributed by atoms with Crippen molar-refractivity contribution >= 4 is 112 Å². The van der Waals surface area contributed by atoms with Crippen LogP contribution in [0, 0.1) is 76.2 Å². The minimum Gasteiger partial charge on any atom is -0.504 e. The molecular weight excluding hydrogens is 1750 g/mol. The van der Waals surface area contributed by atoms with E-state index < -0.39 is 30.5 Å². The average molecular weight is 1850 g/mol. The number of hydrogen-bond acceptors (Lipinski definition) is 31. The number of nitrogens with zero attached hydrogens (tertiary/aromatic N) is 4. The summed E-state index contributed by atoms with van der Waals surface area (Å²) >= 11 is 0. The summed E-state index contributed by atoms with van der Waals surface area (Å²) in [6.45, 7) is 21.1. The lowest BCUT2D eigenvalue weighted by atomic mass is 10.1. The monoisotopic (exact) mass is 1850 g/mol. The number of esters is 3. The van der Waals surface area contributed by atoms with Crippen LogP contribution in [-0.4, -0.2) is 133 Å². The molecule has 11 heterocycles. The third kappa shape index (κ3) is 23.9. The van der Waals surface area contributed by atoms with Crippen molar-refractivity contribution in [1.29, 1.82) is 0 Å². The number of para-hydroxylation sites is 7. The highest BCUT2D eigenvalue weighted by molar-refractivity contribution is 5.95. The highest BCUT2D eigenvalue weighted by Crippen LogP contribution is 2.41. The Bertz CT molecular complexity index is 7240. The largest absolute Gasteiger partial charge is 0.504 e. The summed E-state index contributed by atoms with van der Waals surface area (Å²) < 4.78 is 107. The molecule has 33 nitrogen and oxygen atoms in total. The normalized spacial score (nSPS) is 10.9. The van der Waals surface area contributed by atoms with E-state index in [9.17, 15) is 33.9 Å². The molecule has 0 saturated carbocycles. The fraction of sp³-hybridized carbons (Fsp3) is 0.275. The number of rotatable bonds is 26. The van der Waals surface area contributed by atoms with Gasteiger partial charge in [-0.15, -0.1) is 0 Å². The number of ether oxygens (including phenoxy) is 9. The first kappa shape index (κ1) is 97.8. The number of aromatic nitrogens is 4. The van der Waals surface area contributed by atoms with Crippen molar-refractivity contribution in [2.24, 2.45) is 0 Å². The fourth-order valence-corrected chi connectivity index (χ4v) is 14.9. The molecule has 0 bridgehead atoms. The molecule has 18 aromatic rings. The lowest BCUT2D eigenvalue weighted by molar-refractivity contribution is -0.146.